The van der Waals surface area contributed by atoms with Crippen LogP contribution in [-0.2, 0) is 6.54 Å². The van der Waals surface area contributed by atoms with Gasteiger partial charge in [0.1, 0.15) is 5.75 Å². The number of anilines is 1. The Balaban J connectivity index is 1.83. The van der Waals surface area contributed by atoms with E-state index < -0.39 is 0 Å². The summed E-state index contributed by atoms with van der Waals surface area (Å²) in [7, 11) is 1.61. The zero-order valence-electron chi connectivity index (χ0n) is 10.7. The Morgan fingerprint density at radius 2 is 1.74 bits per heavy atom. The maximum Gasteiger partial charge on any atom is 0.319 e. The van der Waals surface area contributed by atoms with Crippen LogP contribution in [-0.4, -0.2) is 13.1 Å². The van der Waals surface area contributed by atoms with Crippen molar-refractivity contribution in [2.75, 3.05) is 12.4 Å². The number of carbonyl (C=O) groups is 1. The molecule has 0 saturated heterocycles. The zero-order chi connectivity index (χ0) is 13.5. The van der Waals surface area contributed by atoms with Crippen LogP contribution in [0.5, 0.6) is 5.75 Å². The lowest BCUT2D eigenvalue weighted by atomic mass is 10.2. The third-order valence-corrected chi connectivity index (χ3v) is 2.64. The maximum absolute atomic E-state index is 11.7. The second-order valence-electron chi connectivity index (χ2n) is 4.02. The number of methoxy groups -OCH3 is 1. The molecule has 0 aliphatic rings. The zero-order valence-corrected chi connectivity index (χ0v) is 10.7. The number of nitrogens with one attached hydrogen (secondary N) is 2. The first-order valence-corrected chi connectivity index (χ1v) is 6.01. The fourth-order valence-corrected chi connectivity index (χ4v) is 1.63. The van der Waals surface area contributed by atoms with Gasteiger partial charge < -0.3 is 15.4 Å². The summed E-state index contributed by atoms with van der Waals surface area (Å²) in [5, 5.41) is 5.55. The molecule has 0 fully saturated rings. The lowest BCUT2D eigenvalue weighted by Crippen LogP contribution is -2.28. The number of urea groups is 1. The fourth-order valence-electron chi connectivity index (χ4n) is 1.63. The van der Waals surface area contributed by atoms with Crippen LogP contribution in [0.4, 0.5) is 10.5 Å². The number of carbonyl (C=O) groups excluding carboxylic acids is 1. The average molecular weight is 256 g/mol. The van der Waals surface area contributed by atoms with Crippen molar-refractivity contribution in [3.05, 3.63) is 60.2 Å². The molecule has 4 nitrogen and oxygen atoms in total. The summed E-state index contributed by atoms with van der Waals surface area (Å²) >= 11 is 0. The van der Waals surface area contributed by atoms with Gasteiger partial charge in [0.25, 0.3) is 0 Å². The van der Waals surface area contributed by atoms with Crippen LogP contribution >= 0.6 is 0 Å². The summed E-state index contributed by atoms with van der Waals surface area (Å²) in [4.78, 5) is 11.7. The minimum absolute atomic E-state index is 0.228. The first kappa shape index (κ1) is 13.0. The van der Waals surface area contributed by atoms with Gasteiger partial charge in [-0.1, -0.05) is 30.3 Å². The summed E-state index contributed by atoms with van der Waals surface area (Å²) in [6, 6.07) is 16.7. The van der Waals surface area contributed by atoms with Crippen molar-refractivity contribution in [3.8, 4) is 5.75 Å². The standard InChI is InChI=1S/C15H16N2O2/c1-19-14-9-7-13(8-10-14)17-15(18)16-11-12-5-3-2-4-6-12/h2-10H,11H2,1H3,(H2,16,17,18). The first-order valence-electron chi connectivity index (χ1n) is 6.01. The van der Waals surface area contributed by atoms with Gasteiger partial charge in [-0.15, -0.1) is 0 Å². The molecule has 2 amide bonds. The monoisotopic (exact) mass is 256 g/mol. The summed E-state index contributed by atoms with van der Waals surface area (Å²) in [5.41, 5.74) is 1.79. The Bertz CT molecular complexity index is 524. The second kappa shape index (κ2) is 6.44. The lowest BCUT2D eigenvalue weighted by Gasteiger charge is -2.08. The molecule has 0 bridgehead atoms. The Labute approximate surface area is 112 Å². The Morgan fingerprint density at radius 1 is 1.05 bits per heavy atom. The van der Waals surface area contributed by atoms with Crippen molar-refractivity contribution >= 4 is 11.7 Å². The third-order valence-electron chi connectivity index (χ3n) is 2.64. The van der Waals surface area contributed by atoms with E-state index in [1.54, 1.807) is 31.4 Å². The molecule has 0 unspecified atom stereocenters. The highest BCUT2D eigenvalue weighted by Crippen LogP contribution is 2.14. The molecule has 0 radical (unpaired) electrons. The van der Waals surface area contributed by atoms with Gasteiger partial charge in [0.2, 0.25) is 0 Å². The average Bonchev–Trinajstić information content (AvgIpc) is 2.47. The molecule has 0 aliphatic heterocycles. The molecule has 0 saturated carbocycles. The molecule has 0 spiro atoms. The topological polar surface area (TPSA) is 50.4 Å². The normalized spacial score (nSPS) is 9.74. The predicted octanol–water partition coefficient (Wildman–Crippen LogP) is 3.02. The maximum atomic E-state index is 11.7. The molecule has 4 heteroatoms. The summed E-state index contributed by atoms with van der Waals surface area (Å²) in [5.74, 6) is 0.759. The summed E-state index contributed by atoms with van der Waals surface area (Å²) in [6.07, 6.45) is 0. The smallest absolute Gasteiger partial charge is 0.319 e. The van der Waals surface area contributed by atoms with Crippen LogP contribution in [0.1, 0.15) is 5.56 Å². The Kier molecular flexibility index (Phi) is 4.39. The predicted molar refractivity (Wildman–Crippen MR) is 75.3 cm³/mol. The van der Waals surface area contributed by atoms with Crippen molar-refractivity contribution in [2.24, 2.45) is 0 Å². The van der Waals surface area contributed by atoms with Crippen LogP contribution in [0, 0.1) is 0 Å². The van der Waals surface area contributed by atoms with Gasteiger partial charge in [0.15, 0.2) is 0 Å². The molecule has 19 heavy (non-hydrogen) atoms. The van der Waals surface area contributed by atoms with Gasteiger partial charge in [-0.25, -0.2) is 4.79 Å². The van der Waals surface area contributed by atoms with Gasteiger partial charge in [0, 0.05) is 12.2 Å². The van der Waals surface area contributed by atoms with Crippen molar-refractivity contribution in [1.82, 2.24) is 5.32 Å². The molecular formula is C15H16N2O2. The Morgan fingerprint density at radius 3 is 2.37 bits per heavy atom. The molecule has 0 aromatic heterocycles. The quantitative estimate of drug-likeness (QED) is 0.883. The van der Waals surface area contributed by atoms with Gasteiger partial charge in [-0.3, -0.25) is 0 Å². The van der Waals surface area contributed by atoms with Gasteiger partial charge in [-0.05, 0) is 29.8 Å². The highest BCUT2D eigenvalue weighted by Gasteiger charge is 2.01. The van der Waals surface area contributed by atoms with E-state index in [4.69, 9.17) is 4.74 Å². The minimum Gasteiger partial charge on any atom is -0.497 e. The van der Waals surface area contributed by atoms with Gasteiger partial charge in [0.05, 0.1) is 7.11 Å². The van der Waals surface area contributed by atoms with Crippen molar-refractivity contribution < 1.29 is 9.53 Å². The van der Waals surface area contributed by atoms with E-state index in [-0.39, 0.29) is 6.03 Å². The van der Waals surface area contributed by atoms with E-state index in [2.05, 4.69) is 10.6 Å². The number of hydrogen-bond donors (Lipinski definition) is 2. The molecular weight excluding hydrogens is 240 g/mol. The summed E-state index contributed by atoms with van der Waals surface area (Å²) in [6.45, 7) is 0.503. The molecule has 0 heterocycles. The second-order valence-corrected chi connectivity index (χ2v) is 4.02. The van der Waals surface area contributed by atoms with Crippen LogP contribution in [0.2, 0.25) is 0 Å². The molecule has 2 aromatic carbocycles. The summed E-state index contributed by atoms with van der Waals surface area (Å²) < 4.78 is 5.05. The van der Waals surface area contributed by atoms with Gasteiger partial charge in [-0.2, -0.15) is 0 Å². The third kappa shape index (κ3) is 4.03. The first-order chi connectivity index (χ1) is 9.28. The highest BCUT2D eigenvalue weighted by atomic mass is 16.5. The number of rotatable bonds is 4. The number of amides is 2. The van der Waals surface area contributed by atoms with E-state index in [1.165, 1.54) is 0 Å². The number of ether oxygens (including phenoxy) is 1. The highest BCUT2D eigenvalue weighted by molar-refractivity contribution is 5.89. The SMILES string of the molecule is COc1ccc(NC(=O)NCc2ccccc2)cc1. The number of hydrogen-bond acceptors (Lipinski definition) is 2. The van der Waals surface area contributed by atoms with Crippen LogP contribution in [0.3, 0.4) is 0 Å². The molecule has 2 N–H and O–H groups in total. The minimum atomic E-state index is -0.228. The van der Waals surface area contributed by atoms with E-state index >= 15 is 0 Å². The van der Waals surface area contributed by atoms with E-state index in [0.29, 0.717) is 6.54 Å². The van der Waals surface area contributed by atoms with Crippen molar-refractivity contribution in [3.63, 3.8) is 0 Å². The molecule has 2 rings (SSSR count). The van der Waals surface area contributed by atoms with E-state index in [1.807, 2.05) is 30.3 Å². The van der Waals surface area contributed by atoms with Gasteiger partial charge >= 0.3 is 6.03 Å². The van der Waals surface area contributed by atoms with Crippen LogP contribution < -0.4 is 15.4 Å². The van der Waals surface area contributed by atoms with Crippen LogP contribution in [0.25, 0.3) is 0 Å². The van der Waals surface area contributed by atoms with Crippen molar-refractivity contribution in [2.45, 2.75) is 6.54 Å². The molecule has 2 aromatic rings. The largest absolute Gasteiger partial charge is 0.497 e. The number of benzene rings is 2. The van der Waals surface area contributed by atoms with E-state index in [0.717, 1.165) is 17.0 Å². The Hall–Kier alpha value is -2.49. The van der Waals surface area contributed by atoms with E-state index in [9.17, 15) is 4.79 Å². The molecule has 0 atom stereocenters. The molecule has 0 aliphatic carbocycles. The van der Waals surface area contributed by atoms with Crippen molar-refractivity contribution in [1.29, 1.82) is 0 Å². The van der Waals surface area contributed by atoms with Crippen LogP contribution in [0.15, 0.2) is 54.6 Å². The lowest BCUT2D eigenvalue weighted by molar-refractivity contribution is 0.251. The fraction of sp³-hybridized carbons (Fsp3) is 0.133. The molecule has 98 valence electrons.